The van der Waals surface area contributed by atoms with Crippen LogP contribution < -0.4 is 10.6 Å². The predicted molar refractivity (Wildman–Crippen MR) is 80.2 cm³/mol. The molecule has 0 saturated heterocycles. The van der Waals surface area contributed by atoms with E-state index in [0.717, 1.165) is 23.8 Å². The summed E-state index contributed by atoms with van der Waals surface area (Å²) in [6, 6.07) is 10.4. The van der Waals surface area contributed by atoms with E-state index in [4.69, 9.17) is 10.7 Å². The van der Waals surface area contributed by atoms with Crippen LogP contribution in [0.1, 0.15) is 24.8 Å². The van der Waals surface area contributed by atoms with Crippen LogP contribution in [0.2, 0.25) is 0 Å². The molecule has 1 saturated carbocycles. The van der Waals surface area contributed by atoms with E-state index < -0.39 is 0 Å². The summed E-state index contributed by atoms with van der Waals surface area (Å²) < 4.78 is 0. The standard InChI is InChI=1S/C16H21N3/c1-19(11-12-5-4-6-12)16-9-13(10-17)14-7-2-3-8-15(14)18-16/h2-3,7-9,12H,4-6,10-11,17H2,1H3. The average molecular weight is 255 g/mol. The Balaban J connectivity index is 1.94. The molecule has 0 atom stereocenters. The number of hydrogen-bond acceptors (Lipinski definition) is 3. The van der Waals surface area contributed by atoms with Crippen molar-refractivity contribution < 1.29 is 0 Å². The number of nitrogens with zero attached hydrogens (tertiary/aromatic N) is 2. The minimum atomic E-state index is 0.563. The lowest BCUT2D eigenvalue weighted by Gasteiger charge is -2.31. The highest BCUT2D eigenvalue weighted by molar-refractivity contribution is 5.84. The summed E-state index contributed by atoms with van der Waals surface area (Å²) in [7, 11) is 2.13. The fourth-order valence-electron chi connectivity index (χ4n) is 2.75. The number of hydrogen-bond donors (Lipinski definition) is 1. The molecule has 3 heteroatoms. The molecular formula is C16H21N3. The van der Waals surface area contributed by atoms with Gasteiger partial charge < -0.3 is 10.6 Å². The lowest BCUT2D eigenvalue weighted by atomic mass is 9.85. The highest BCUT2D eigenvalue weighted by atomic mass is 15.2. The zero-order valence-corrected chi connectivity index (χ0v) is 11.5. The molecule has 1 aliphatic rings. The van der Waals surface area contributed by atoms with E-state index >= 15 is 0 Å². The maximum Gasteiger partial charge on any atom is 0.129 e. The van der Waals surface area contributed by atoms with E-state index in [2.05, 4.69) is 30.1 Å². The number of benzene rings is 1. The van der Waals surface area contributed by atoms with Crippen LogP contribution in [-0.4, -0.2) is 18.6 Å². The quantitative estimate of drug-likeness (QED) is 0.913. The molecule has 19 heavy (non-hydrogen) atoms. The van der Waals surface area contributed by atoms with Crippen molar-refractivity contribution in [1.29, 1.82) is 0 Å². The third kappa shape index (κ3) is 2.43. The van der Waals surface area contributed by atoms with Crippen molar-refractivity contribution in [3.8, 4) is 0 Å². The SMILES string of the molecule is CN(CC1CCC1)c1cc(CN)c2ccccc2n1. The predicted octanol–water partition coefficient (Wildman–Crippen LogP) is 2.93. The summed E-state index contributed by atoms with van der Waals surface area (Å²) >= 11 is 0. The summed E-state index contributed by atoms with van der Waals surface area (Å²) in [5, 5.41) is 1.17. The summed E-state index contributed by atoms with van der Waals surface area (Å²) in [5.74, 6) is 1.89. The van der Waals surface area contributed by atoms with Gasteiger partial charge in [-0.1, -0.05) is 24.6 Å². The van der Waals surface area contributed by atoms with E-state index in [-0.39, 0.29) is 0 Å². The van der Waals surface area contributed by atoms with E-state index in [9.17, 15) is 0 Å². The third-order valence-corrected chi connectivity index (χ3v) is 4.16. The van der Waals surface area contributed by atoms with Crippen LogP contribution in [0.15, 0.2) is 30.3 Å². The molecule has 1 heterocycles. The Morgan fingerprint density at radius 2 is 2.11 bits per heavy atom. The first kappa shape index (κ1) is 12.4. The maximum atomic E-state index is 5.88. The van der Waals surface area contributed by atoms with Crippen molar-refractivity contribution in [2.75, 3.05) is 18.5 Å². The van der Waals surface area contributed by atoms with Crippen LogP contribution in [0.4, 0.5) is 5.82 Å². The van der Waals surface area contributed by atoms with Gasteiger partial charge in [0.25, 0.3) is 0 Å². The number of para-hydroxylation sites is 1. The average Bonchev–Trinajstić information content (AvgIpc) is 2.41. The topological polar surface area (TPSA) is 42.1 Å². The monoisotopic (exact) mass is 255 g/mol. The molecule has 0 aliphatic heterocycles. The molecule has 100 valence electrons. The lowest BCUT2D eigenvalue weighted by Crippen LogP contribution is -2.30. The van der Waals surface area contributed by atoms with Gasteiger partial charge in [-0.25, -0.2) is 4.98 Å². The van der Waals surface area contributed by atoms with E-state index in [1.807, 2.05) is 12.1 Å². The smallest absolute Gasteiger partial charge is 0.129 e. The van der Waals surface area contributed by atoms with Gasteiger partial charge in [-0.05, 0) is 36.5 Å². The molecule has 0 amide bonds. The second-order valence-corrected chi connectivity index (χ2v) is 5.54. The first-order chi connectivity index (χ1) is 9.28. The molecule has 3 rings (SSSR count). The van der Waals surface area contributed by atoms with Gasteiger partial charge in [-0.3, -0.25) is 0 Å². The Hall–Kier alpha value is -1.61. The summed E-state index contributed by atoms with van der Waals surface area (Å²) in [5.41, 5.74) is 8.10. The van der Waals surface area contributed by atoms with Gasteiger partial charge in [0.05, 0.1) is 5.52 Å². The molecule has 3 nitrogen and oxygen atoms in total. The number of pyridine rings is 1. The lowest BCUT2D eigenvalue weighted by molar-refractivity contribution is 0.321. The Kier molecular flexibility index (Phi) is 3.38. The van der Waals surface area contributed by atoms with E-state index in [1.165, 1.54) is 30.2 Å². The van der Waals surface area contributed by atoms with Crippen molar-refractivity contribution >= 4 is 16.7 Å². The van der Waals surface area contributed by atoms with Gasteiger partial charge in [0.1, 0.15) is 5.82 Å². The molecule has 0 bridgehead atoms. The molecule has 1 aromatic heterocycles. The van der Waals surface area contributed by atoms with Gasteiger partial charge >= 0.3 is 0 Å². The van der Waals surface area contributed by atoms with E-state index in [1.54, 1.807) is 0 Å². The Morgan fingerprint density at radius 1 is 1.32 bits per heavy atom. The second-order valence-electron chi connectivity index (χ2n) is 5.54. The maximum absolute atomic E-state index is 5.88. The van der Waals surface area contributed by atoms with Crippen molar-refractivity contribution in [3.05, 3.63) is 35.9 Å². The van der Waals surface area contributed by atoms with Crippen LogP contribution in [0.5, 0.6) is 0 Å². The summed E-state index contributed by atoms with van der Waals surface area (Å²) in [6.45, 7) is 1.67. The fourth-order valence-corrected chi connectivity index (χ4v) is 2.75. The highest BCUT2D eigenvalue weighted by Gasteiger charge is 2.20. The Labute approximate surface area is 114 Å². The summed E-state index contributed by atoms with van der Waals surface area (Å²) in [6.07, 6.45) is 4.11. The summed E-state index contributed by atoms with van der Waals surface area (Å²) in [4.78, 5) is 7.04. The molecule has 1 fully saturated rings. The van der Waals surface area contributed by atoms with Gasteiger partial charge in [0.2, 0.25) is 0 Å². The number of anilines is 1. The number of rotatable bonds is 4. The van der Waals surface area contributed by atoms with Gasteiger partial charge in [0, 0.05) is 25.5 Å². The van der Waals surface area contributed by atoms with Crippen molar-refractivity contribution in [2.24, 2.45) is 11.7 Å². The van der Waals surface area contributed by atoms with Crippen LogP contribution in [0.3, 0.4) is 0 Å². The number of nitrogens with two attached hydrogens (primary N) is 1. The fraction of sp³-hybridized carbons (Fsp3) is 0.438. The zero-order valence-electron chi connectivity index (χ0n) is 11.5. The molecule has 2 aromatic rings. The number of aromatic nitrogens is 1. The van der Waals surface area contributed by atoms with Crippen LogP contribution in [0.25, 0.3) is 10.9 Å². The first-order valence-electron chi connectivity index (χ1n) is 7.08. The van der Waals surface area contributed by atoms with Crippen molar-refractivity contribution in [3.63, 3.8) is 0 Å². The molecule has 0 spiro atoms. The largest absolute Gasteiger partial charge is 0.359 e. The van der Waals surface area contributed by atoms with Crippen LogP contribution >= 0.6 is 0 Å². The molecule has 1 aromatic carbocycles. The minimum Gasteiger partial charge on any atom is -0.359 e. The molecule has 0 unspecified atom stereocenters. The van der Waals surface area contributed by atoms with Crippen molar-refractivity contribution in [1.82, 2.24) is 4.98 Å². The Bertz CT molecular complexity index is 575. The van der Waals surface area contributed by atoms with Gasteiger partial charge in [-0.15, -0.1) is 0 Å². The van der Waals surface area contributed by atoms with Crippen LogP contribution in [0, 0.1) is 5.92 Å². The van der Waals surface area contributed by atoms with Gasteiger partial charge in [0.15, 0.2) is 0 Å². The Morgan fingerprint density at radius 3 is 2.79 bits per heavy atom. The third-order valence-electron chi connectivity index (χ3n) is 4.16. The van der Waals surface area contributed by atoms with Gasteiger partial charge in [-0.2, -0.15) is 0 Å². The normalized spacial score (nSPS) is 15.5. The first-order valence-corrected chi connectivity index (χ1v) is 7.08. The minimum absolute atomic E-state index is 0.563. The highest BCUT2D eigenvalue weighted by Crippen LogP contribution is 2.29. The van der Waals surface area contributed by atoms with E-state index in [0.29, 0.717) is 6.54 Å². The molecule has 0 radical (unpaired) electrons. The number of fused-ring (bicyclic) bond motifs is 1. The molecule has 1 aliphatic carbocycles. The zero-order chi connectivity index (χ0) is 13.2. The molecular weight excluding hydrogens is 234 g/mol. The van der Waals surface area contributed by atoms with Crippen molar-refractivity contribution in [2.45, 2.75) is 25.8 Å². The second kappa shape index (κ2) is 5.17. The molecule has 2 N–H and O–H groups in total. The van der Waals surface area contributed by atoms with Crippen LogP contribution in [-0.2, 0) is 6.54 Å².